The van der Waals surface area contributed by atoms with Crippen molar-refractivity contribution in [2.45, 2.75) is 6.42 Å². The van der Waals surface area contributed by atoms with E-state index in [-0.39, 0.29) is 35.5 Å². The third-order valence-electron chi connectivity index (χ3n) is 3.41. The van der Waals surface area contributed by atoms with Crippen LogP contribution < -0.4 is 17.3 Å². The van der Waals surface area contributed by atoms with Crippen LogP contribution in [0, 0.1) is 5.82 Å². The van der Waals surface area contributed by atoms with Crippen molar-refractivity contribution in [2.75, 3.05) is 31.1 Å². The number of nitrogens with one attached hydrogen (secondary N) is 1. The fraction of sp³-hybridized carbons (Fsp3) is 0.462. The lowest BCUT2D eigenvalue weighted by Crippen LogP contribution is -3.14. The molecule has 1 N–H and O–H groups in total. The number of quaternary nitrogens is 1. The Bertz CT molecular complexity index is 545. The number of hydrogen-bond donors (Lipinski definition) is 1. The van der Waals surface area contributed by atoms with Gasteiger partial charge in [0.1, 0.15) is 5.82 Å². The van der Waals surface area contributed by atoms with Crippen LogP contribution in [-0.2, 0) is 9.84 Å². The van der Waals surface area contributed by atoms with Crippen molar-refractivity contribution in [2.24, 2.45) is 0 Å². The minimum atomic E-state index is -2.86. The van der Waals surface area contributed by atoms with Gasteiger partial charge in [-0.3, -0.25) is 4.79 Å². The van der Waals surface area contributed by atoms with Crippen LogP contribution in [0.3, 0.4) is 0 Å². The van der Waals surface area contributed by atoms with E-state index >= 15 is 0 Å². The zero-order valence-electron chi connectivity index (χ0n) is 10.9. The molecule has 4 nitrogen and oxygen atoms in total. The number of ketones is 1. The Labute approximate surface area is 124 Å². The maximum atomic E-state index is 12.7. The Morgan fingerprint density at radius 3 is 2.25 bits per heavy atom. The van der Waals surface area contributed by atoms with Gasteiger partial charge in [0.25, 0.3) is 0 Å². The first-order valence-electron chi connectivity index (χ1n) is 6.29. The second kappa shape index (κ2) is 7.15. The van der Waals surface area contributed by atoms with Gasteiger partial charge in [0.05, 0.1) is 37.6 Å². The van der Waals surface area contributed by atoms with Crippen LogP contribution in [-0.4, -0.2) is 45.3 Å². The van der Waals surface area contributed by atoms with Crippen LogP contribution in [0.25, 0.3) is 0 Å². The predicted octanol–water partition coefficient (Wildman–Crippen LogP) is -3.28. The van der Waals surface area contributed by atoms with Gasteiger partial charge in [-0.2, -0.15) is 0 Å². The lowest BCUT2D eigenvalue weighted by atomic mass is 10.1. The average molecular weight is 322 g/mol. The summed E-state index contributed by atoms with van der Waals surface area (Å²) in [5.41, 5.74) is 0.505. The first-order chi connectivity index (χ1) is 8.96. The van der Waals surface area contributed by atoms with E-state index in [9.17, 15) is 17.6 Å². The van der Waals surface area contributed by atoms with E-state index in [0.29, 0.717) is 31.6 Å². The molecule has 1 aliphatic heterocycles. The highest BCUT2D eigenvalue weighted by Crippen LogP contribution is 2.05. The van der Waals surface area contributed by atoms with Crippen molar-refractivity contribution in [1.82, 2.24) is 0 Å². The normalized spacial score (nSPS) is 18.2. The van der Waals surface area contributed by atoms with E-state index in [2.05, 4.69) is 0 Å². The molecule has 1 aromatic carbocycles. The van der Waals surface area contributed by atoms with Crippen LogP contribution >= 0.6 is 0 Å². The molecular formula is C13H17ClFNO3S. The van der Waals surface area contributed by atoms with Crippen molar-refractivity contribution < 1.29 is 34.9 Å². The molecule has 0 spiro atoms. The SMILES string of the molecule is O=C(CC[NH+]1CCS(=O)(=O)CC1)c1ccc(F)cc1.[Cl-]. The molecule has 0 amide bonds. The van der Waals surface area contributed by atoms with E-state index in [1.165, 1.54) is 24.3 Å². The van der Waals surface area contributed by atoms with Crippen molar-refractivity contribution in [3.05, 3.63) is 35.6 Å². The molecule has 0 aromatic heterocycles. The largest absolute Gasteiger partial charge is 1.00 e. The Hall–Kier alpha value is -0.980. The summed E-state index contributed by atoms with van der Waals surface area (Å²) in [6.45, 7) is 1.77. The van der Waals surface area contributed by atoms with Gasteiger partial charge in [-0.15, -0.1) is 0 Å². The summed E-state index contributed by atoms with van der Waals surface area (Å²) in [6.07, 6.45) is 0.362. The second-order valence-corrected chi connectivity index (χ2v) is 7.14. The maximum absolute atomic E-state index is 12.7. The molecule has 0 radical (unpaired) electrons. The maximum Gasteiger partial charge on any atom is 0.168 e. The molecule has 2 rings (SSSR count). The highest BCUT2D eigenvalue weighted by Gasteiger charge is 2.24. The van der Waals surface area contributed by atoms with Gasteiger partial charge in [-0.05, 0) is 24.3 Å². The lowest BCUT2D eigenvalue weighted by molar-refractivity contribution is -0.895. The first-order valence-corrected chi connectivity index (χ1v) is 8.11. The number of hydrogen-bond acceptors (Lipinski definition) is 3. The van der Waals surface area contributed by atoms with Crippen molar-refractivity contribution >= 4 is 15.6 Å². The Morgan fingerprint density at radius 2 is 1.70 bits per heavy atom. The van der Waals surface area contributed by atoms with Gasteiger partial charge >= 0.3 is 0 Å². The van der Waals surface area contributed by atoms with E-state index in [4.69, 9.17) is 0 Å². The average Bonchev–Trinajstić information content (AvgIpc) is 2.38. The number of carbonyl (C=O) groups is 1. The molecule has 0 unspecified atom stereocenters. The van der Waals surface area contributed by atoms with Crippen LogP contribution in [0.1, 0.15) is 16.8 Å². The lowest BCUT2D eigenvalue weighted by Gasteiger charge is -2.23. The molecule has 0 saturated carbocycles. The quantitative estimate of drug-likeness (QED) is 0.592. The zero-order chi connectivity index (χ0) is 13.9. The minimum absolute atomic E-state index is 0. The monoisotopic (exact) mass is 321 g/mol. The third-order valence-corrected chi connectivity index (χ3v) is 5.06. The predicted molar refractivity (Wildman–Crippen MR) is 69.6 cm³/mol. The van der Waals surface area contributed by atoms with Gasteiger partial charge < -0.3 is 17.3 Å². The molecule has 7 heteroatoms. The van der Waals surface area contributed by atoms with Crippen LogP contribution in [0.15, 0.2) is 24.3 Å². The van der Waals surface area contributed by atoms with Crippen molar-refractivity contribution in [3.63, 3.8) is 0 Å². The van der Waals surface area contributed by atoms with E-state index in [0.717, 1.165) is 4.90 Å². The van der Waals surface area contributed by atoms with Gasteiger partial charge in [-0.25, -0.2) is 12.8 Å². The molecule has 1 fully saturated rings. The minimum Gasteiger partial charge on any atom is -1.00 e. The van der Waals surface area contributed by atoms with E-state index in [1.54, 1.807) is 0 Å². The summed E-state index contributed by atoms with van der Waals surface area (Å²) >= 11 is 0. The highest BCUT2D eigenvalue weighted by atomic mass is 35.5. The zero-order valence-corrected chi connectivity index (χ0v) is 12.5. The van der Waals surface area contributed by atoms with Gasteiger partial charge in [-0.1, -0.05) is 0 Å². The third kappa shape index (κ3) is 4.85. The Morgan fingerprint density at radius 1 is 1.15 bits per heavy atom. The molecule has 112 valence electrons. The molecule has 1 aromatic rings. The molecule has 1 heterocycles. The molecule has 0 aliphatic carbocycles. The Balaban J connectivity index is 0.00000200. The number of Topliss-reactive ketones (excluding diaryl/α,β-unsaturated/α-hetero) is 1. The fourth-order valence-electron chi connectivity index (χ4n) is 2.15. The molecule has 1 aliphatic rings. The number of halogens is 2. The number of rotatable bonds is 4. The van der Waals surface area contributed by atoms with E-state index in [1.807, 2.05) is 0 Å². The van der Waals surface area contributed by atoms with Crippen LogP contribution in [0.2, 0.25) is 0 Å². The van der Waals surface area contributed by atoms with Crippen LogP contribution in [0.4, 0.5) is 4.39 Å². The smallest absolute Gasteiger partial charge is 0.168 e. The molecule has 20 heavy (non-hydrogen) atoms. The molecule has 1 saturated heterocycles. The summed E-state index contributed by atoms with van der Waals surface area (Å²) < 4.78 is 35.3. The van der Waals surface area contributed by atoms with E-state index < -0.39 is 9.84 Å². The molecular weight excluding hydrogens is 305 g/mol. The van der Waals surface area contributed by atoms with Crippen molar-refractivity contribution in [1.29, 1.82) is 0 Å². The molecule has 0 atom stereocenters. The van der Waals surface area contributed by atoms with Crippen molar-refractivity contribution in [3.8, 4) is 0 Å². The fourth-order valence-corrected chi connectivity index (χ4v) is 3.55. The highest BCUT2D eigenvalue weighted by molar-refractivity contribution is 7.91. The number of benzene rings is 1. The summed E-state index contributed by atoms with van der Waals surface area (Å²) in [6, 6.07) is 5.50. The number of carbonyl (C=O) groups excluding carboxylic acids is 1. The van der Waals surface area contributed by atoms with Gasteiger partial charge in [0.15, 0.2) is 15.6 Å². The molecule has 0 bridgehead atoms. The first kappa shape index (κ1) is 17.1. The van der Waals surface area contributed by atoms with Crippen LogP contribution in [0.5, 0.6) is 0 Å². The standard InChI is InChI=1S/C13H16FNO3S.ClH/c14-12-3-1-11(2-4-12)13(16)5-6-15-7-9-19(17,18)10-8-15;/h1-4H,5-10H2;1H. The summed E-state index contributed by atoms with van der Waals surface area (Å²) in [5.74, 6) is 0.0181. The Kier molecular flexibility index (Phi) is 6.10. The topological polar surface area (TPSA) is 55.6 Å². The summed E-state index contributed by atoms with van der Waals surface area (Å²) in [4.78, 5) is 13.0. The number of sulfone groups is 1. The van der Waals surface area contributed by atoms with Gasteiger partial charge in [0.2, 0.25) is 0 Å². The summed E-state index contributed by atoms with van der Waals surface area (Å²) in [5, 5.41) is 0. The summed E-state index contributed by atoms with van der Waals surface area (Å²) in [7, 11) is -2.86. The second-order valence-electron chi connectivity index (χ2n) is 4.83. The van der Waals surface area contributed by atoms with Gasteiger partial charge in [0, 0.05) is 5.56 Å².